The van der Waals surface area contributed by atoms with Crippen molar-refractivity contribution >= 4 is 5.91 Å². The summed E-state index contributed by atoms with van der Waals surface area (Å²) in [5.41, 5.74) is 0. The number of carbonyl (C=O) groups excluding carboxylic acids is 1. The fourth-order valence-electron chi connectivity index (χ4n) is 2.83. The van der Waals surface area contributed by atoms with Crippen LogP contribution in [0.4, 0.5) is 0 Å². The van der Waals surface area contributed by atoms with Crippen LogP contribution in [-0.4, -0.2) is 62.3 Å². The van der Waals surface area contributed by atoms with Crippen LogP contribution in [-0.2, 0) is 9.53 Å². The van der Waals surface area contributed by atoms with Gasteiger partial charge in [0.25, 0.3) is 0 Å². The maximum Gasteiger partial charge on any atom is 0.234 e. The Morgan fingerprint density at radius 1 is 1.32 bits per heavy atom. The van der Waals surface area contributed by atoms with E-state index in [2.05, 4.69) is 22.5 Å². The Labute approximate surface area is 116 Å². The predicted octanol–water partition coefficient (Wildman–Crippen LogP) is 0.356. The molecule has 2 heterocycles. The Morgan fingerprint density at radius 2 is 2.00 bits per heavy atom. The van der Waals surface area contributed by atoms with Crippen LogP contribution in [0.2, 0.25) is 0 Å². The number of likely N-dealkylation sites (tertiary alicyclic amines) is 1. The Kier molecular flexibility index (Phi) is 6.07. The van der Waals surface area contributed by atoms with Crippen molar-refractivity contribution in [2.75, 3.05) is 39.4 Å². The van der Waals surface area contributed by atoms with Crippen LogP contribution in [0.1, 0.15) is 32.6 Å². The summed E-state index contributed by atoms with van der Waals surface area (Å²) in [7, 11) is 0. The fourth-order valence-corrected chi connectivity index (χ4v) is 2.83. The smallest absolute Gasteiger partial charge is 0.234 e. The number of nitrogens with one attached hydrogen (secondary N) is 2. The van der Waals surface area contributed by atoms with Gasteiger partial charge in [-0.05, 0) is 45.7 Å². The summed E-state index contributed by atoms with van der Waals surface area (Å²) < 4.78 is 5.28. The summed E-state index contributed by atoms with van der Waals surface area (Å²) in [6.45, 7) is 7.49. The van der Waals surface area contributed by atoms with E-state index in [9.17, 15) is 4.79 Å². The number of carbonyl (C=O) groups is 1. The van der Waals surface area contributed by atoms with Crippen LogP contribution in [0.5, 0.6) is 0 Å². The molecule has 0 bridgehead atoms. The zero-order valence-electron chi connectivity index (χ0n) is 12.0. The normalized spacial score (nSPS) is 23.4. The van der Waals surface area contributed by atoms with Gasteiger partial charge in [-0.1, -0.05) is 0 Å². The molecule has 0 aromatic heterocycles. The Bertz CT molecular complexity index is 274. The standard InChI is InChI=1S/C14H27N3O2/c1-12(17-6-2-3-7-17)10-15-11-14(18)16-13-4-8-19-9-5-13/h12-13,15H,2-11H2,1H3,(H,16,18). The molecule has 5 heteroatoms. The molecule has 2 saturated heterocycles. The minimum Gasteiger partial charge on any atom is -0.381 e. The van der Waals surface area contributed by atoms with Gasteiger partial charge in [-0.25, -0.2) is 0 Å². The second kappa shape index (κ2) is 7.82. The molecule has 1 unspecified atom stereocenters. The zero-order valence-corrected chi connectivity index (χ0v) is 12.0. The number of hydrogen-bond acceptors (Lipinski definition) is 4. The van der Waals surface area contributed by atoms with E-state index in [0.717, 1.165) is 32.6 Å². The maximum atomic E-state index is 11.8. The minimum absolute atomic E-state index is 0.112. The van der Waals surface area contributed by atoms with E-state index < -0.39 is 0 Å². The lowest BCUT2D eigenvalue weighted by Gasteiger charge is -2.25. The molecule has 2 aliphatic heterocycles. The van der Waals surface area contributed by atoms with E-state index in [1.165, 1.54) is 25.9 Å². The van der Waals surface area contributed by atoms with Gasteiger partial charge in [0.05, 0.1) is 6.54 Å². The quantitative estimate of drug-likeness (QED) is 0.731. The fraction of sp³-hybridized carbons (Fsp3) is 0.929. The Hall–Kier alpha value is -0.650. The van der Waals surface area contributed by atoms with Crippen molar-refractivity contribution in [3.05, 3.63) is 0 Å². The van der Waals surface area contributed by atoms with Gasteiger partial charge in [0.2, 0.25) is 5.91 Å². The van der Waals surface area contributed by atoms with Crippen molar-refractivity contribution in [2.24, 2.45) is 0 Å². The molecule has 1 amide bonds. The highest BCUT2D eigenvalue weighted by molar-refractivity contribution is 5.78. The van der Waals surface area contributed by atoms with E-state index in [1.807, 2.05) is 0 Å². The summed E-state index contributed by atoms with van der Waals surface area (Å²) in [4.78, 5) is 14.3. The SMILES string of the molecule is CC(CNCC(=O)NC1CCOCC1)N1CCCC1. The van der Waals surface area contributed by atoms with E-state index in [0.29, 0.717) is 18.6 Å². The van der Waals surface area contributed by atoms with E-state index in [4.69, 9.17) is 4.74 Å². The van der Waals surface area contributed by atoms with E-state index >= 15 is 0 Å². The largest absolute Gasteiger partial charge is 0.381 e. The maximum absolute atomic E-state index is 11.8. The molecule has 1 atom stereocenters. The first-order valence-electron chi connectivity index (χ1n) is 7.57. The monoisotopic (exact) mass is 269 g/mol. The van der Waals surface area contributed by atoms with Crippen molar-refractivity contribution in [2.45, 2.75) is 44.7 Å². The Morgan fingerprint density at radius 3 is 2.68 bits per heavy atom. The summed E-state index contributed by atoms with van der Waals surface area (Å²) in [5, 5.41) is 6.33. The molecule has 110 valence electrons. The molecule has 0 radical (unpaired) electrons. The highest BCUT2D eigenvalue weighted by atomic mass is 16.5. The molecule has 2 aliphatic rings. The highest BCUT2D eigenvalue weighted by Crippen LogP contribution is 2.10. The minimum atomic E-state index is 0.112. The number of rotatable bonds is 6. The van der Waals surface area contributed by atoms with Gasteiger partial charge in [-0.15, -0.1) is 0 Å². The van der Waals surface area contributed by atoms with Gasteiger partial charge in [0.15, 0.2) is 0 Å². The second-order valence-corrected chi connectivity index (χ2v) is 5.68. The topological polar surface area (TPSA) is 53.6 Å². The number of hydrogen-bond donors (Lipinski definition) is 2. The molecule has 2 N–H and O–H groups in total. The van der Waals surface area contributed by atoms with Gasteiger partial charge in [-0.3, -0.25) is 9.69 Å². The first-order chi connectivity index (χ1) is 9.25. The molecule has 5 nitrogen and oxygen atoms in total. The van der Waals surface area contributed by atoms with E-state index in [1.54, 1.807) is 0 Å². The molecular formula is C14H27N3O2. The average Bonchev–Trinajstić information content (AvgIpc) is 2.93. The number of amides is 1. The van der Waals surface area contributed by atoms with Gasteiger partial charge in [0, 0.05) is 31.8 Å². The third-order valence-corrected chi connectivity index (χ3v) is 4.08. The summed E-state index contributed by atoms with van der Waals surface area (Å²) in [6.07, 6.45) is 4.51. The summed E-state index contributed by atoms with van der Waals surface area (Å²) >= 11 is 0. The third-order valence-electron chi connectivity index (χ3n) is 4.08. The highest BCUT2D eigenvalue weighted by Gasteiger charge is 2.18. The lowest BCUT2D eigenvalue weighted by molar-refractivity contribution is -0.121. The van der Waals surface area contributed by atoms with Crippen molar-refractivity contribution in [3.63, 3.8) is 0 Å². The molecule has 2 rings (SSSR count). The molecule has 19 heavy (non-hydrogen) atoms. The average molecular weight is 269 g/mol. The van der Waals surface area contributed by atoms with Crippen LogP contribution in [0.3, 0.4) is 0 Å². The molecular weight excluding hydrogens is 242 g/mol. The van der Waals surface area contributed by atoms with Gasteiger partial charge < -0.3 is 15.4 Å². The molecule has 0 spiro atoms. The summed E-state index contributed by atoms with van der Waals surface area (Å²) in [6, 6.07) is 0.831. The van der Waals surface area contributed by atoms with Crippen LogP contribution in [0.25, 0.3) is 0 Å². The summed E-state index contributed by atoms with van der Waals surface area (Å²) in [5.74, 6) is 0.112. The van der Waals surface area contributed by atoms with Crippen molar-refractivity contribution < 1.29 is 9.53 Å². The number of ether oxygens (including phenoxy) is 1. The van der Waals surface area contributed by atoms with Gasteiger partial charge >= 0.3 is 0 Å². The zero-order chi connectivity index (χ0) is 13.5. The van der Waals surface area contributed by atoms with Gasteiger partial charge in [0.1, 0.15) is 0 Å². The first-order valence-corrected chi connectivity index (χ1v) is 7.57. The van der Waals surface area contributed by atoms with Crippen LogP contribution in [0.15, 0.2) is 0 Å². The van der Waals surface area contributed by atoms with Crippen LogP contribution < -0.4 is 10.6 Å². The molecule has 0 saturated carbocycles. The van der Waals surface area contributed by atoms with Gasteiger partial charge in [-0.2, -0.15) is 0 Å². The third kappa shape index (κ3) is 5.09. The molecule has 0 aliphatic carbocycles. The first kappa shape index (κ1) is 14.8. The van der Waals surface area contributed by atoms with Crippen LogP contribution >= 0.6 is 0 Å². The lowest BCUT2D eigenvalue weighted by atomic mass is 10.1. The number of nitrogens with zero attached hydrogens (tertiary/aromatic N) is 1. The van der Waals surface area contributed by atoms with Crippen molar-refractivity contribution in [3.8, 4) is 0 Å². The van der Waals surface area contributed by atoms with Crippen LogP contribution in [0, 0.1) is 0 Å². The molecule has 0 aromatic rings. The molecule has 2 fully saturated rings. The van der Waals surface area contributed by atoms with E-state index in [-0.39, 0.29) is 5.91 Å². The van der Waals surface area contributed by atoms with Crippen molar-refractivity contribution in [1.29, 1.82) is 0 Å². The molecule has 0 aromatic carbocycles. The van der Waals surface area contributed by atoms with Crippen molar-refractivity contribution in [1.82, 2.24) is 15.5 Å². The Balaban J connectivity index is 1.55. The predicted molar refractivity (Wildman–Crippen MR) is 75.1 cm³/mol. The lowest BCUT2D eigenvalue weighted by Crippen LogP contribution is -2.45. The second-order valence-electron chi connectivity index (χ2n) is 5.68.